The van der Waals surface area contributed by atoms with E-state index in [0.717, 1.165) is 12.5 Å². The molecule has 1 atom stereocenters. The monoisotopic (exact) mass is 303 g/mol. The standard InChI is InChI=1S/C10H13N3O4S2/c1-8(7-18(2,14)15)13-19(16,17)10-4-3-9(5-11)12-6-10/h3-4,6,8,13H,7H2,1-2H3. The Labute approximate surface area is 112 Å². The first-order chi connectivity index (χ1) is 8.64. The van der Waals surface area contributed by atoms with Gasteiger partial charge in [-0.3, -0.25) is 0 Å². The minimum Gasteiger partial charge on any atom is -0.244 e. The van der Waals surface area contributed by atoms with Crippen molar-refractivity contribution in [2.24, 2.45) is 0 Å². The molecule has 0 aliphatic rings. The van der Waals surface area contributed by atoms with E-state index in [1.54, 1.807) is 6.07 Å². The number of nitrogens with one attached hydrogen (secondary N) is 1. The Hall–Kier alpha value is -1.50. The van der Waals surface area contributed by atoms with Gasteiger partial charge in [0.2, 0.25) is 10.0 Å². The first-order valence-electron chi connectivity index (χ1n) is 5.20. The zero-order chi connectivity index (χ0) is 14.7. The number of hydrogen-bond acceptors (Lipinski definition) is 6. The van der Waals surface area contributed by atoms with Gasteiger partial charge in [0.1, 0.15) is 26.5 Å². The van der Waals surface area contributed by atoms with E-state index in [2.05, 4.69) is 9.71 Å². The van der Waals surface area contributed by atoms with Crippen molar-refractivity contribution >= 4 is 19.9 Å². The summed E-state index contributed by atoms with van der Waals surface area (Å²) < 4.78 is 48.2. The van der Waals surface area contributed by atoms with Crippen LogP contribution in [0.5, 0.6) is 0 Å². The van der Waals surface area contributed by atoms with Gasteiger partial charge in [0, 0.05) is 18.5 Å². The van der Waals surface area contributed by atoms with Crippen LogP contribution in [0.1, 0.15) is 12.6 Å². The van der Waals surface area contributed by atoms with Crippen LogP contribution in [-0.4, -0.2) is 39.9 Å². The fourth-order valence-electron chi connectivity index (χ4n) is 1.43. The molecule has 0 aliphatic heterocycles. The van der Waals surface area contributed by atoms with Gasteiger partial charge in [-0.2, -0.15) is 5.26 Å². The van der Waals surface area contributed by atoms with Gasteiger partial charge in [-0.25, -0.2) is 26.5 Å². The zero-order valence-electron chi connectivity index (χ0n) is 10.4. The molecule has 0 aromatic carbocycles. The topological polar surface area (TPSA) is 117 Å². The summed E-state index contributed by atoms with van der Waals surface area (Å²) in [5.74, 6) is -0.296. The molecule has 0 saturated carbocycles. The van der Waals surface area contributed by atoms with E-state index in [0.29, 0.717) is 0 Å². The number of sulfonamides is 1. The van der Waals surface area contributed by atoms with Crippen LogP contribution in [0.25, 0.3) is 0 Å². The van der Waals surface area contributed by atoms with Crippen molar-refractivity contribution in [1.82, 2.24) is 9.71 Å². The maximum Gasteiger partial charge on any atom is 0.242 e. The van der Waals surface area contributed by atoms with E-state index in [-0.39, 0.29) is 16.3 Å². The molecular weight excluding hydrogens is 290 g/mol. The molecule has 0 radical (unpaired) electrons. The molecule has 7 nitrogen and oxygen atoms in total. The molecule has 0 saturated heterocycles. The summed E-state index contributed by atoms with van der Waals surface area (Å²) in [6.07, 6.45) is 2.08. The van der Waals surface area contributed by atoms with Crippen molar-refractivity contribution in [2.45, 2.75) is 17.9 Å². The van der Waals surface area contributed by atoms with Gasteiger partial charge in [-0.05, 0) is 19.1 Å². The Morgan fingerprint density at radius 3 is 2.42 bits per heavy atom. The molecule has 0 amide bonds. The Bertz CT molecular complexity index is 687. The third-order valence-corrected chi connectivity index (χ3v) is 4.75. The minimum atomic E-state index is -3.84. The molecule has 19 heavy (non-hydrogen) atoms. The minimum absolute atomic E-state index is 0.100. The Morgan fingerprint density at radius 1 is 1.37 bits per heavy atom. The summed E-state index contributed by atoms with van der Waals surface area (Å²) in [6, 6.07) is 3.53. The molecule has 1 rings (SSSR count). The van der Waals surface area contributed by atoms with Crippen molar-refractivity contribution in [3.63, 3.8) is 0 Å². The summed E-state index contributed by atoms with van der Waals surface area (Å²) >= 11 is 0. The fourth-order valence-corrected chi connectivity index (χ4v) is 3.71. The number of aromatic nitrogens is 1. The van der Waals surface area contributed by atoms with E-state index < -0.39 is 25.9 Å². The lowest BCUT2D eigenvalue weighted by Gasteiger charge is -2.12. The molecule has 0 fully saturated rings. The van der Waals surface area contributed by atoms with Crippen molar-refractivity contribution < 1.29 is 16.8 Å². The number of nitriles is 1. The van der Waals surface area contributed by atoms with Gasteiger partial charge in [0.15, 0.2) is 0 Å². The summed E-state index contributed by atoms with van der Waals surface area (Å²) in [6.45, 7) is 1.45. The van der Waals surface area contributed by atoms with Crippen LogP contribution >= 0.6 is 0 Å². The quantitative estimate of drug-likeness (QED) is 0.795. The summed E-state index contributed by atoms with van der Waals surface area (Å²) in [5, 5.41) is 8.56. The average molecular weight is 303 g/mol. The molecule has 1 N–H and O–H groups in total. The predicted octanol–water partition coefficient (Wildman–Crippen LogP) is -0.335. The largest absolute Gasteiger partial charge is 0.244 e. The highest BCUT2D eigenvalue weighted by Crippen LogP contribution is 2.08. The highest BCUT2D eigenvalue weighted by Gasteiger charge is 2.20. The van der Waals surface area contributed by atoms with Crippen molar-refractivity contribution in [2.75, 3.05) is 12.0 Å². The van der Waals surface area contributed by atoms with Crippen LogP contribution in [0.3, 0.4) is 0 Å². The highest BCUT2D eigenvalue weighted by atomic mass is 32.2. The van der Waals surface area contributed by atoms with E-state index in [4.69, 9.17) is 5.26 Å². The number of pyridine rings is 1. The number of hydrogen-bond donors (Lipinski definition) is 1. The zero-order valence-corrected chi connectivity index (χ0v) is 12.0. The van der Waals surface area contributed by atoms with Crippen LogP contribution in [0.4, 0.5) is 0 Å². The molecule has 9 heteroatoms. The summed E-state index contributed by atoms with van der Waals surface area (Å²) in [4.78, 5) is 3.53. The second-order valence-corrected chi connectivity index (χ2v) is 8.00. The van der Waals surface area contributed by atoms with Crippen molar-refractivity contribution in [3.05, 3.63) is 24.0 Å². The highest BCUT2D eigenvalue weighted by molar-refractivity contribution is 7.91. The van der Waals surface area contributed by atoms with Gasteiger partial charge < -0.3 is 0 Å². The number of sulfone groups is 1. The van der Waals surface area contributed by atoms with Crippen molar-refractivity contribution in [3.8, 4) is 6.07 Å². The van der Waals surface area contributed by atoms with Gasteiger partial charge >= 0.3 is 0 Å². The molecule has 0 spiro atoms. The molecule has 1 heterocycles. The lowest BCUT2D eigenvalue weighted by Crippen LogP contribution is -2.37. The predicted molar refractivity (Wildman–Crippen MR) is 68.4 cm³/mol. The van der Waals surface area contributed by atoms with Crippen molar-refractivity contribution in [1.29, 1.82) is 5.26 Å². The van der Waals surface area contributed by atoms with Gasteiger partial charge in [-0.15, -0.1) is 0 Å². The Kier molecular flexibility index (Phi) is 4.62. The second kappa shape index (κ2) is 5.64. The first-order valence-corrected chi connectivity index (χ1v) is 8.74. The normalized spacial score (nSPS) is 13.7. The Balaban J connectivity index is 2.89. The first kappa shape index (κ1) is 15.6. The third kappa shape index (κ3) is 4.94. The van der Waals surface area contributed by atoms with E-state index in [1.165, 1.54) is 19.1 Å². The molecular formula is C10H13N3O4S2. The number of rotatable bonds is 5. The van der Waals surface area contributed by atoms with E-state index in [9.17, 15) is 16.8 Å². The van der Waals surface area contributed by atoms with Gasteiger partial charge in [0.25, 0.3) is 0 Å². The third-order valence-electron chi connectivity index (χ3n) is 2.07. The average Bonchev–Trinajstić information content (AvgIpc) is 2.25. The van der Waals surface area contributed by atoms with Crippen LogP contribution in [0.15, 0.2) is 23.2 Å². The SMILES string of the molecule is CC(CS(C)(=O)=O)NS(=O)(=O)c1ccc(C#N)nc1. The Morgan fingerprint density at radius 2 is 2.00 bits per heavy atom. The van der Waals surface area contributed by atoms with Crippen LogP contribution in [0.2, 0.25) is 0 Å². The van der Waals surface area contributed by atoms with Crippen LogP contribution < -0.4 is 4.72 Å². The molecule has 0 aliphatic carbocycles. The lowest BCUT2D eigenvalue weighted by atomic mass is 10.4. The second-order valence-electron chi connectivity index (χ2n) is 4.11. The van der Waals surface area contributed by atoms with Gasteiger partial charge in [0.05, 0.1) is 5.75 Å². The molecule has 1 unspecified atom stereocenters. The molecule has 104 valence electrons. The van der Waals surface area contributed by atoms with Crippen LogP contribution in [0, 0.1) is 11.3 Å². The fraction of sp³-hybridized carbons (Fsp3) is 0.400. The maximum absolute atomic E-state index is 11.9. The van der Waals surface area contributed by atoms with Crippen LogP contribution in [-0.2, 0) is 19.9 Å². The number of nitrogens with zero attached hydrogens (tertiary/aromatic N) is 2. The van der Waals surface area contributed by atoms with E-state index in [1.807, 2.05) is 0 Å². The molecule has 1 aromatic rings. The summed E-state index contributed by atoms with van der Waals surface area (Å²) in [7, 11) is -7.12. The molecule has 1 aromatic heterocycles. The smallest absolute Gasteiger partial charge is 0.242 e. The summed E-state index contributed by atoms with van der Waals surface area (Å²) in [5.41, 5.74) is 0.100. The maximum atomic E-state index is 11.9. The van der Waals surface area contributed by atoms with E-state index >= 15 is 0 Å². The molecule has 0 bridgehead atoms. The lowest BCUT2D eigenvalue weighted by molar-refractivity contribution is 0.564. The van der Waals surface area contributed by atoms with Gasteiger partial charge in [-0.1, -0.05) is 0 Å².